The quantitative estimate of drug-likeness (QED) is 0.383. The second-order valence-corrected chi connectivity index (χ2v) is 8.45. The average molecular weight is 467 g/mol. The van der Waals surface area contributed by atoms with Gasteiger partial charge in [-0.25, -0.2) is 4.79 Å². The number of allylic oxidation sites excluding steroid dienone is 2. The Morgan fingerprint density at radius 3 is 2.21 bits per heavy atom. The standard InChI is InChI=1S/C25H23ClN2O5/c26-19-12-6-7-13-20(19)27-22(29)15-33-25(32)21(14-16-8-2-1-3-9-16)28-23(30)17-10-4-5-11-18(17)24(28)31/h1-9,12-13,17-18,21H,10-11,14-15H2,(H,27,29)/t17-,18+,21-/m0/s1. The van der Waals surface area contributed by atoms with E-state index in [1.165, 1.54) is 0 Å². The molecule has 1 N–H and O–H groups in total. The second kappa shape index (κ2) is 10.0. The van der Waals surface area contributed by atoms with Gasteiger partial charge in [0, 0.05) is 6.42 Å². The average Bonchev–Trinajstić information content (AvgIpc) is 3.08. The third kappa shape index (κ3) is 4.98. The van der Waals surface area contributed by atoms with Gasteiger partial charge in [-0.05, 0) is 30.5 Å². The summed E-state index contributed by atoms with van der Waals surface area (Å²) in [6.45, 7) is -0.569. The van der Waals surface area contributed by atoms with Crippen molar-refractivity contribution in [2.45, 2.75) is 25.3 Å². The monoisotopic (exact) mass is 466 g/mol. The van der Waals surface area contributed by atoms with Crippen LogP contribution in [0.15, 0.2) is 66.7 Å². The Bertz CT molecular complexity index is 1070. The van der Waals surface area contributed by atoms with Crippen molar-refractivity contribution in [3.05, 3.63) is 77.3 Å². The van der Waals surface area contributed by atoms with E-state index in [0.717, 1.165) is 10.5 Å². The maximum Gasteiger partial charge on any atom is 0.330 e. The number of carbonyl (C=O) groups is 4. The minimum atomic E-state index is -1.15. The molecular weight excluding hydrogens is 444 g/mol. The fourth-order valence-electron chi connectivity index (χ4n) is 4.23. The number of anilines is 1. The molecule has 1 aliphatic carbocycles. The van der Waals surface area contributed by atoms with Crippen molar-refractivity contribution in [3.8, 4) is 0 Å². The molecule has 0 unspecified atom stereocenters. The summed E-state index contributed by atoms with van der Waals surface area (Å²) < 4.78 is 5.26. The first kappa shape index (κ1) is 22.7. The number of carbonyl (C=O) groups excluding carboxylic acids is 4. The number of ether oxygens (including phenoxy) is 1. The lowest BCUT2D eigenvalue weighted by molar-refractivity contribution is -0.159. The van der Waals surface area contributed by atoms with Gasteiger partial charge in [0.05, 0.1) is 22.5 Å². The highest BCUT2D eigenvalue weighted by Gasteiger charge is 2.51. The zero-order valence-electron chi connectivity index (χ0n) is 17.8. The first-order chi connectivity index (χ1) is 16.0. The van der Waals surface area contributed by atoms with Crippen molar-refractivity contribution >= 4 is 41.0 Å². The lowest BCUT2D eigenvalue weighted by Gasteiger charge is -2.25. The SMILES string of the molecule is O=C(COC(=O)[C@H](Cc1ccccc1)N1C(=O)[C@H]2CC=CC[C@H]2C1=O)Nc1ccccc1Cl. The number of halogens is 1. The number of hydrogen-bond acceptors (Lipinski definition) is 5. The largest absolute Gasteiger partial charge is 0.454 e. The van der Waals surface area contributed by atoms with Crippen LogP contribution in [0.4, 0.5) is 5.69 Å². The molecule has 0 aromatic heterocycles. The zero-order valence-corrected chi connectivity index (χ0v) is 18.5. The number of nitrogens with zero attached hydrogens (tertiary/aromatic N) is 1. The van der Waals surface area contributed by atoms with Crippen molar-refractivity contribution < 1.29 is 23.9 Å². The number of amides is 3. The third-order valence-electron chi connectivity index (χ3n) is 5.89. The summed E-state index contributed by atoms with van der Waals surface area (Å²) in [5, 5.41) is 2.93. The Labute approximate surface area is 196 Å². The fraction of sp³-hybridized carbons (Fsp3) is 0.280. The van der Waals surface area contributed by atoms with Gasteiger partial charge >= 0.3 is 5.97 Å². The second-order valence-electron chi connectivity index (χ2n) is 8.04. The molecular formula is C25H23ClN2O5. The predicted molar refractivity (Wildman–Crippen MR) is 122 cm³/mol. The lowest BCUT2D eigenvalue weighted by Crippen LogP contribution is -2.48. The summed E-state index contributed by atoms with van der Waals surface area (Å²) in [6.07, 6.45) is 4.83. The first-order valence-electron chi connectivity index (χ1n) is 10.7. The van der Waals surface area contributed by atoms with Gasteiger partial charge in [-0.2, -0.15) is 0 Å². The Hall–Kier alpha value is -3.45. The highest BCUT2D eigenvalue weighted by atomic mass is 35.5. The molecule has 0 bridgehead atoms. The predicted octanol–water partition coefficient (Wildman–Crippen LogP) is 3.38. The van der Waals surface area contributed by atoms with Gasteiger partial charge in [0.1, 0.15) is 6.04 Å². The van der Waals surface area contributed by atoms with Crippen molar-refractivity contribution in [1.29, 1.82) is 0 Å². The van der Waals surface area contributed by atoms with Crippen LogP contribution in [0.3, 0.4) is 0 Å². The van der Waals surface area contributed by atoms with Crippen molar-refractivity contribution in [1.82, 2.24) is 4.90 Å². The maximum atomic E-state index is 13.1. The summed E-state index contributed by atoms with van der Waals surface area (Å²) in [4.78, 5) is 52.6. The number of nitrogens with one attached hydrogen (secondary N) is 1. The Morgan fingerprint density at radius 2 is 1.58 bits per heavy atom. The maximum absolute atomic E-state index is 13.1. The number of para-hydroxylation sites is 1. The molecule has 1 heterocycles. The van der Waals surface area contributed by atoms with Gasteiger partial charge in [-0.1, -0.05) is 66.2 Å². The molecule has 1 saturated heterocycles. The number of rotatable bonds is 7. The number of likely N-dealkylation sites (tertiary alicyclic amines) is 1. The molecule has 8 heteroatoms. The summed E-state index contributed by atoms with van der Waals surface area (Å²) in [5.74, 6) is -3.04. The summed E-state index contributed by atoms with van der Waals surface area (Å²) >= 11 is 6.04. The molecule has 1 fully saturated rings. The molecule has 0 radical (unpaired) electrons. The zero-order chi connectivity index (χ0) is 23.4. The fourth-order valence-corrected chi connectivity index (χ4v) is 4.42. The molecule has 33 heavy (non-hydrogen) atoms. The van der Waals surface area contributed by atoms with E-state index in [2.05, 4.69) is 5.32 Å². The molecule has 4 rings (SSSR count). The molecule has 2 aliphatic rings. The van der Waals surface area contributed by atoms with E-state index in [1.54, 1.807) is 24.3 Å². The van der Waals surface area contributed by atoms with E-state index < -0.39 is 36.4 Å². The highest BCUT2D eigenvalue weighted by Crippen LogP contribution is 2.36. The Morgan fingerprint density at radius 1 is 0.970 bits per heavy atom. The van der Waals surface area contributed by atoms with Gasteiger partial charge in [0.2, 0.25) is 11.8 Å². The number of fused-ring (bicyclic) bond motifs is 1. The van der Waals surface area contributed by atoms with Gasteiger partial charge in [-0.15, -0.1) is 0 Å². The molecule has 170 valence electrons. The molecule has 2 aromatic rings. The number of imide groups is 1. The van der Waals surface area contributed by atoms with Gasteiger partial charge in [0.15, 0.2) is 6.61 Å². The van der Waals surface area contributed by atoms with Crippen molar-refractivity contribution in [2.75, 3.05) is 11.9 Å². The van der Waals surface area contributed by atoms with Crippen LogP contribution in [0.5, 0.6) is 0 Å². The summed E-state index contributed by atoms with van der Waals surface area (Å²) in [7, 11) is 0. The topological polar surface area (TPSA) is 92.8 Å². The van der Waals surface area contributed by atoms with Gasteiger partial charge in [0.25, 0.3) is 5.91 Å². The van der Waals surface area contributed by atoms with E-state index in [1.807, 2.05) is 42.5 Å². The highest BCUT2D eigenvalue weighted by molar-refractivity contribution is 6.33. The molecule has 7 nitrogen and oxygen atoms in total. The first-order valence-corrected chi connectivity index (χ1v) is 11.1. The van der Waals surface area contributed by atoms with Crippen LogP contribution in [0, 0.1) is 11.8 Å². The van der Waals surface area contributed by atoms with Crippen LogP contribution in [0.1, 0.15) is 18.4 Å². The minimum Gasteiger partial charge on any atom is -0.454 e. The van der Waals surface area contributed by atoms with E-state index in [4.69, 9.17) is 16.3 Å². The molecule has 3 atom stereocenters. The van der Waals surface area contributed by atoms with Crippen LogP contribution in [0.25, 0.3) is 0 Å². The Kier molecular flexibility index (Phi) is 6.89. The minimum absolute atomic E-state index is 0.107. The van der Waals surface area contributed by atoms with Crippen LogP contribution < -0.4 is 5.32 Å². The molecule has 0 spiro atoms. The van der Waals surface area contributed by atoms with E-state index in [9.17, 15) is 19.2 Å². The van der Waals surface area contributed by atoms with Crippen LogP contribution in [-0.2, 0) is 30.3 Å². The van der Waals surface area contributed by atoms with E-state index in [-0.39, 0.29) is 18.2 Å². The number of benzene rings is 2. The smallest absolute Gasteiger partial charge is 0.330 e. The normalized spacial score (nSPS) is 20.3. The van der Waals surface area contributed by atoms with E-state index in [0.29, 0.717) is 23.6 Å². The van der Waals surface area contributed by atoms with Crippen LogP contribution in [-0.4, -0.2) is 41.2 Å². The van der Waals surface area contributed by atoms with E-state index >= 15 is 0 Å². The molecule has 1 aliphatic heterocycles. The van der Waals surface area contributed by atoms with Crippen LogP contribution in [0.2, 0.25) is 5.02 Å². The molecule has 0 saturated carbocycles. The Balaban J connectivity index is 1.49. The number of hydrogen-bond donors (Lipinski definition) is 1. The summed E-state index contributed by atoms with van der Waals surface area (Å²) in [6, 6.07) is 14.6. The van der Waals surface area contributed by atoms with Gasteiger partial charge < -0.3 is 10.1 Å². The summed E-state index contributed by atoms with van der Waals surface area (Å²) in [5.41, 5.74) is 1.16. The molecule has 3 amide bonds. The van der Waals surface area contributed by atoms with Crippen molar-refractivity contribution in [2.24, 2.45) is 11.8 Å². The molecule has 2 aromatic carbocycles. The van der Waals surface area contributed by atoms with Crippen molar-refractivity contribution in [3.63, 3.8) is 0 Å². The van der Waals surface area contributed by atoms with Gasteiger partial charge in [-0.3, -0.25) is 19.3 Å². The van der Waals surface area contributed by atoms with Crippen LogP contribution >= 0.6 is 11.6 Å². The lowest BCUT2D eigenvalue weighted by atomic mass is 9.85. The third-order valence-corrected chi connectivity index (χ3v) is 6.22. The number of esters is 1.